The number of halogens is 1. The third-order valence-electron chi connectivity index (χ3n) is 2.72. The Hall–Kier alpha value is -1.81. The van der Waals surface area contributed by atoms with E-state index in [9.17, 15) is 0 Å². The van der Waals surface area contributed by atoms with Gasteiger partial charge in [0.1, 0.15) is 11.8 Å². The summed E-state index contributed by atoms with van der Waals surface area (Å²) < 4.78 is 5.54. The molecule has 0 amide bonds. The van der Waals surface area contributed by atoms with Gasteiger partial charge in [0.05, 0.1) is 0 Å². The quantitative estimate of drug-likeness (QED) is 0.870. The molecule has 0 spiro atoms. The van der Waals surface area contributed by atoms with Crippen LogP contribution in [0.2, 0.25) is 5.15 Å². The first-order valence-corrected chi connectivity index (χ1v) is 6.44. The Bertz CT molecular complexity index is 535. The van der Waals surface area contributed by atoms with Gasteiger partial charge in [0.25, 0.3) is 0 Å². The highest BCUT2D eigenvalue weighted by molar-refractivity contribution is 6.29. The average Bonchev–Trinajstić information content (AvgIpc) is 2.36. The van der Waals surface area contributed by atoms with E-state index in [0.29, 0.717) is 18.4 Å². The van der Waals surface area contributed by atoms with Gasteiger partial charge in [-0.15, -0.1) is 0 Å². The predicted octanol–water partition coefficient (Wildman–Crippen LogP) is 3.41. The van der Waals surface area contributed by atoms with Gasteiger partial charge in [0.2, 0.25) is 11.8 Å². The summed E-state index contributed by atoms with van der Waals surface area (Å²) in [6.45, 7) is 4.75. The van der Waals surface area contributed by atoms with Crippen LogP contribution < -0.4 is 10.5 Å². The molecule has 5 heteroatoms. The Kier molecular flexibility index (Phi) is 4.22. The van der Waals surface area contributed by atoms with Crippen LogP contribution in [0.4, 0.5) is 5.95 Å². The highest BCUT2D eigenvalue weighted by atomic mass is 35.5. The third-order valence-corrected chi connectivity index (χ3v) is 2.92. The molecule has 2 N–H and O–H groups in total. The van der Waals surface area contributed by atoms with Crippen LogP contribution in [0.15, 0.2) is 30.3 Å². The Morgan fingerprint density at radius 1 is 1.21 bits per heavy atom. The first-order valence-electron chi connectivity index (χ1n) is 6.06. The fourth-order valence-electron chi connectivity index (χ4n) is 1.64. The molecule has 0 bridgehead atoms. The lowest BCUT2D eigenvalue weighted by Crippen LogP contribution is -2.01. The predicted molar refractivity (Wildman–Crippen MR) is 76.3 cm³/mol. The fourth-order valence-corrected chi connectivity index (χ4v) is 1.82. The monoisotopic (exact) mass is 277 g/mol. The number of nitrogens with two attached hydrogens (primary N) is 1. The first kappa shape index (κ1) is 13.6. The lowest BCUT2D eigenvalue weighted by Gasteiger charge is -2.08. The number of hydrogen-bond donors (Lipinski definition) is 1. The van der Waals surface area contributed by atoms with Crippen LogP contribution in [0, 0.1) is 0 Å². The van der Waals surface area contributed by atoms with Gasteiger partial charge < -0.3 is 10.5 Å². The van der Waals surface area contributed by atoms with E-state index in [0.717, 1.165) is 5.56 Å². The molecule has 100 valence electrons. The number of benzene rings is 1. The third kappa shape index (κ3) is 3.83. The van der Waals surface area contributed by atoms with Crippen LogP contribution in [-0.2, 0) is 6.61 Å². The minimum Gasteiger partial charge on any atom is -0.473 e. The molecular formula is C14H16ClN3O. The second kappa shape index (κ2) is 5.89. The second-order valence-corrected chi connectivity index (χ2v) is 4.96. The molecular weight excluding hydrogens is 262 g/mol. The molecule has 1 heterocycles. The minimum atomic E-state index is 0.109. The van der Waals surface area contributed by atoms with Crippen molar-refractivity contribution in [1.82, 2.24) is 9.97 Å². The van der Waals surface area contributed by atoms with Crippen molar-refractivity contribution in [2.45, 2.75) is 26.4 Å². The summed E-state index contributed by atoms with van der Waals surface area (Å²) in [6.07, 6.45) is 0. The molecule has 0 aliphatic heterocycles. The van der Waals surface area contributed by atoms with Crippen molar-refractivity contribution >= 4 is 17.5 Å². The van der Waals surface area contributed by atoms with E-state index in [-0.39, 0.29) is 11.1 Å². The summed E-state index contributed by atoms with van der Waals surface area (Å²) >= 11 is 5.78. The van der Waals surface area contributed by atoms with Crippen LogP contribution in [-0.4, -0.2) is 9.97 Å². The van der Waals surface area contributed by atoms with Gasteiger partial charge in [0.15, 0.2) is 0 Å². The van der Waals surface area contributed by atoms with E-state index < -0.39 is 0 Å². The van der Waals surface area contributed by atoms with Crippen molar-refractivity contribution in [2.24, 2.45) is 0 Å². The Morgan fingerprint density at radius 3 is 2.47 bits per heavy atom. The smallest absolute Gasteiger partial charge is 0.224 e. The minimum absolute atomic E-state index is 0.109. The largest absolute Gasteiger partial charge is 0.473 e. The highest BCUT2D eigenvalue weighted by Crippen LogP contribution is 2.18. The zero-order valence-electron chi connectivity index (χ0n) is 10.9. The van der Waals surface area contributed by atoms with Crippen molar-refractivity contribution in [3.05, 3.63) is 46.6 Å². The lowest BCUT2D eigenvalue weighted by molar-refractivity contribution is 0.294. The van der Waals surface area contributed by atoms with Crippen molar-refractivity contribution in [3.8, 4) is 5.88 Å². The van der Waals surface area contributed by atoms with E-state index in [1.165, 1.54) is 5.56 Å². The Labute approximate surface area is 117 Å². The number of nitrogen functional groups attached to an aromatic ring is 1. The first-order chi connectivity index (χ1) is 9.04. The highest BCUT2D eigenvalue weighted by Gasteiger charge is 2.03. The number of anilines is 1. The average molecular weight is 278 g/mol. The van der Waals surface area contributed by atoms with Crippen LogP contribution in [0.3, 0.4) is 0 Å². The molecule has 1 aromatic heterocycles. The molecule has 19 heavy (non-hydrogen) atoms. The molecule has 0 aliphatic carbocycles. The topological polar surface area (TPSA) is 61.0 Å². The van der Waals surface area contributed by atoms with Gasteiger partial charge in [0, 0.05) is 6.07 Å². The molecule has 2 aromatic rings. The standard InChI is InChI=1S/C14H16ClN3O/c1-9(2)11-5-3-10(4-6-11)8-19-13-7-12(15)17-14(16)18-13/h3-7,9H,8H2,1-2H3,(H2,16,17,18). The summed E-state index contributed by atoms with van der Waals surface area (Å²) in [5.41, 5.74) is 7.87. The number of aromatic nitrogens is 2. The molecule has 4 nitrogen and oxygen atoms in total. The summed E-state index contributed by atoms with van der Waals surface area (Å²) in [5.74, 6) is 1.01. The number of nitrogens with zero attached hydrogens (tertiary/aromatic N) is 2. The van der Waals surface area contributed by atoms with Crippen molar-refractivity contribution in [1.29, 1.82) is 0 Å². The van der Waals surface area contributed by atoms with E-state index in [1.807, 2.05) is 12.1 Å². The molecule has 2 rings (SSSR count). The maximum Gasteiger partial charge on any atom is 0.224 e. The maximum absolute atomic E-state index is 5.78. The van der Waals surface area contributed by atoms with Gasteiger partial charge in [-0.3, -0.25) is 0 Å². The number of rotatable bonds is 4. The van der Waals surface area contributed by atoms with Crippen LogP contribution in [0.25, 0.3) is 0 Å². The normalized spacial score (nSPS) is 10.7. The van der Waals surface area contributed by atoms with Gasteiger partial charge >= 0.3 is 0 Å². The number of ether oxygens (including phenoxy) is 1. The van der Waals surface area contributed by atoms with Crippen LogP contribution >= 0.6 is 11.6 Å². The Balaban J connectivity index is 2.02. The van der Waals surface area contributed by atoms with Crippen LogP contribution in [0.5, 0.6) is 5.88 Å². The van der Waals surface area contributed by atoms with E-state index in [4.69, 9.17) is 22.1 Å². The molecule has 1 aromatic carbocycles. The van der Waals surface area contributed by atoms with Crippen molar-refractivity contribution in [3.63, 3.8) is 0 Å². The molecule has 0 radical (unpaired) electrons. The zero-order valence-corrected chi connectivity index (χ0v) is 11.7. The fraction of sp³-hybridized carbons (Fsp3) is 0.286. The number of hydrogen-bond acceptors (Lipinski definition) is 4. The van der Waals surface area contributed by atoms with Gasteiger partial charge in [-0.1, -0.05) is 49.7 Å². The molecule has 0 unspecified atom stereocenters. The zero-order chi connectivity index (χ0) is 13.8. The van der Waals surface area contributed by atoms with E-state index >= 15 is 0 Å². The van der Waals surface area contributed by atoms with Gasteiger partial charge in [-0.25, -0.2) is 4.98 Å². The van der Waals surface area contributed by atoms with Gasteiger partial charge in [-0.05, 0) is 17.0 Å². The molecule has 0 fully saturated rings. The summed E-state index contributed by atoms with van der Waals surface area (Å²) in [6, 6.07) is 9.83. The van der Waals surface area contributed by atoms with Crippen molar-refractivity contribution in [2.75, 3.05) is 5.73 Å². The molecule has 0 saturated heterocycles. The van der Waals surface area contributed by atoms with Crippen molar-refractivity contribution < 1.29 is 4.74 Å². The molecule has 0 aliphatic rings. The van der Waals surface area contributed by atoms with Crippen LogP contribution in [0.1, 0.15) is 30.9 Å². The van der Waals surface area contributed by atoms with E-state index in [1.54, 1.807) is 6.07 Å². The van der Waals surface area contributed by atoms with Gasteiger partial charge in [-0.2, -0.15) is 4.98 Å². The van der Waals surface area contributed by atoms with E-state index in [2.05, 4.69) is 35.9 Å². The lowest BCUT2D eigenvalue weighted by atomic mass is 10.0. The Morgan fingerprint density at radius 2 is 1.89 bits per heavy atom. The molecule has 0 atom stereocenters. The molecule has 0 saturated carbocycles. The maximum atomic E-state index is 5.78. The second-order valence-electron chi connectivity index (χ2n) is 4.57. The summed E-state index contributed by atoms with van der Waals surface area (Å²) in [7, 11) is 0. The SMILES string of the molecule is CC(C)c1ccc(COc2cc(Cl)nc(N)n2)cc1. The summed E-state index contributed by atoms with van der Waals surface area (Å²) in [5, 5.41) is 0.276. The summed E-state index contributed by atoms with van der Waals surface area (Å²) in [4.78, 5) is 7.73.